The van der Waals surface area contributed by atoms with Gasteiger partial charge in [-0.25, -0.2) is 0 Å². The average Bonchev–Trinajstić information content (AvgIpc) is 3.31. The fourth-order valence-electron chi connectivity index (χ4n) is 2.54. The first-order chi connectivity index (χ1) is 11.7. The highest BCUT2D eigenvalue weighted by Gasteiger charge is 2.32. The SMILES string of the molecule is COc1ccc(CNC(=O)[C@@H]2C=CCN2C(=O)c2ccco2)cc1. The van der Waals surface area contributed by atoms with E-state index in [9.17, 15) is 9.59 Å². The minimum atomic E-state index is -0.624. The number of rotatable bonds is 5. The van der Waals surface area contributed by atoms with E-state index in [2.05, 4.69) is 5.32 Å². The van der Waals surface area contributed by atoms with Gasteiger partial charge in [-0.15, -0.1) is 0 Å². The Bertz CT molecular complexity index is 735. The molecule has 2 amide bonds. The Morgan fingerprint density at radius 2 is 2.08 bits per heavy atom. The number of methoxy groups -OCH3 is 1. The second kappa shape index (κ2) is 7.04. The van der Waals surface area contributed by atoms with Gasteiger partial charge in [0.2, 0.25) is 5.91 Å². The highest BCUT2D eigenvalue weighted by atomic mass is 16.5. The van der Waals surface area contributed by atoms with Crippen LogP contribution in [-0.4, -0.2) is 36.4 Å². The van der Waals surface area contributed by atoms with Crippen LogP contribution in [-0.2, 0) is 11.3 Å². The van der Waals surface area contributed by atoms with Crippen molar-refractivity contribution in [3.05, 3.63) is 66.1 Å². The molecule has 1 aliphatic rings. The van der Waals surface area contributed by atoms with Crippen LogP contribution in [0.1, 0.15) is 16.1 Å². The first-order valence-electron chi connectivity index (χ1n) is 7.61. The largest absolute Gasteiger partial charge is 0.497 e. The standard InChI is InChI=1S/C18H18N2O4/c1-23-14-8-6-13(7-9-14)12-19-17(21)15-4-2-10-20(15)18(22)16-5-3-11-24-16/h2-9,11,15H,10,12H2,1H3,(H,19,21)/t15-/m0/s1. The molecule has 6 heteroatoms. The monoisotopic (exact) mass is 326 g/mol. The number of carbonyl (C=O) groups excluding carboxylic acids is 2. The van der Waals surface area contributed by atoms with Crippen molar-refractivity contribution < 1.29 is 18.7 Å². The van der Waals surface area contributed by atoms with Gasteiger partial charge in [0.05, 0.1) is 13.4 Å². The molecule has 0 aliphatic carbocycles. The molecule has 0 saturated heterocycles. The molecular formula is C18H18N2O4. The van der Waals surface area contributed by atoms with Crippen LogP contribution in [0.25, 0.3) is 0 Å². The Morgan fingerprint density at radius 3 is 2.75 bits per heavy atom. The van der Waals surface area contributed by atoms with Gasteiger partial charge in [0.15, 0.2) is 5.76 Å². The number of hydrogen-bond donors (Lipinski definition) is 1. The molecule has 124 valence electrons. The van der Waals surface area contributed by atoms with E-state index in [1.54, 1.807) is 31.4 Å². The highest BCUT2D eigenvalue weighted by Crippen LogP contribution is 2.16. The smallest absolute Gasteiger partial charge is 0.290 e. The van der Waals surface area contributed by atoms with Crippen LogP contribution in [0.2, 0.25) is 0 Å². The first kappa shape index (κ1) is 15.9. The lowest BCUT2D eigenvalue weighted by Crippen LogP contribution is -2.45. The van der Waals surface area contributed by atoms with Gasteiger partial charge in [-0.2, -0.15) is 0 Å². The third kappa shape index (κ3) is 3.32. The third-order valence-electron chi connectivity index (χ3n) is 3.84. The first-order valence-corrected chi connectivity index (χ1v) is 7.61. The van der Waals surface area contributed by atoms with Crippen molar-refractivity contribution >= 4 is 11.8 Å². The molecule has 0 saturated carbocycles. The van der Waals surface area contributed by atoms with Crippen LogP contribution >= 0.6 is 0 Å². The Morgan fingerprint density at radius 1 is 1.29 bits per heavy atom. The van der Waals surface area contributed by atoms with Crippen molar-refractivity contribution in [1.29, 1.82) is 0 Å². The lowest BCUT2D eigenvalue weighted by molar-refractivity contribution is -0.124. The van der Waals surface area contributed by atoms with Crippen LogP contribution in [0.5, 0.6) is 5.75 Å². The number of amides is 2. The van der Waals surface area contributed by atoms with Gasteiger partial charge >= 0.3 is 0 Å². The molecule has 1 aliphatic heterocycles. The molecule has 24 heavy (non-hydrogen) atoms. The van der Waals surface area contributed by atoms with E-state index in [4.69, 9.17) is 9.15 Å². The number of nitrogens with zero attached hydrogens (tertiary/aromatic N) is 1. The maximum absolute atomic E-state index is 12.4. The van der Waals surface area contributed by atoms with E-state index in [0.717, 1.165) is 11.3 Å². The Labute approximate surface area is 139 Å². The second-order valence-corrected chi connectivity index (χ2v) is 5.37. The maximum Gasteiger partial charge on any atom is 0.290 e. The quantitative estimate of drug-likeness (QED) is 0.853. The van der Waals surface area contributed by atoms with Gasteiger partial charge in [0.1, 0.15) is 11.8 Å². The van der Waals surface area contributed by atoms with E-state index in [0.29, 0.717) is 13.1 Å². The lowest BCUT2D eigenvalue weighted by Gasteiger charge is -2.22. The maximum atomic E-state index is 12.4. The van der Waals surface area contributed by atoms with Crippen molar-refractivity contribution in [2.75, 3.05) is 13.7 Å². The number of ether oxygens (including phenoxy) is 1. The van der Waals surface area contributed by atoms with E-state index in [1.807, 2.05) is 24.3 Å². The molecule has 1 atom stereocenters. The van der Waals surface area contributed by atoms with E-state index >= 15 is 0 Å². The predicted molar refractivity (Wildman–Crippen MR) is 87.5 cm³/mol. The summed E-state index contributed by atoms with van der Waals surface area (Å²) >= 11 is 0. The average molecular weight is 326 g/mol. The molecule has 6 nitrogen and oxygen atoms in total. The van der Waals surface area contributed by atoms with Gasteiger partial charge in [0, 0.05) is 13.1 Å². The summed E-state index contributed by atoms with van der Waals surface area (Å²) in [6.45, 7) is 0.774. The Hall–Kier alpha value is -3.02. The number of carbonyl (C=O) groups is 2. The van der Waals surface area contributed by atoms with Crippen molar-refractivity contribution in [1.82, 2.24) is 10.2 Å². The summed E-state index contributed by atoms with van der Waals surface area (Å²) in [6.07, 6.45) is 4.97. The summed E-state index contributed by atoms with van der Waals surface area (Å²) in [5.74, 6) is 0.472. The van der Waals surface area contributed by atoms with Crippen LogP contribution in [0.3, 0.4) is 0 Å². The molecule has 0 spiro atoms. The molecule has 0 unspecified atom stereocenters. The molecule has 1 aromatic heterocycles. The third-order valence-corrected chi connectivity index (χ3v) is 3.84. The molecule has 2 heterocycles. The summed E-state index contributed by atoms with van der Waals surface area (Å²) < 4.78 is 10.2. The molecule has 1 N–H and O–H groups in total. The van der Waals surface area contributed by atoms with Gasteiger partial charge in [-0.1, -0.05) is 24.3 Å². The number of benzene rings is 1. The summed E-state index contributed by atoms with van der Waals surface area (Å²) in [5.41, 5.74) is 0.954. The minimum absolute atomic E-state index is 0.223. The molecule has 3 rings (SSSR count). The second-order valence-electron chi connectivity index (χ2n) is 5.37. The molecule has 0 bridgehead atoms. The van der Waals surface area contributed by atoms with E-state index < -0.39 is 6.04 Å². The molecule has 0 radical (unpaired) electrons. The van der Waals surface area contributed by atoms with Gasteiger partial charge in [-0.3, -0.25) is 9.59 Å². The van der Waals surface area contributed by atoms with Gasteiger partial charge in [-0.05, 0) is 29.8 Å². The van der Waals surface area contributed by atoms with Crippen molar-refractivity contribution in [3.63, 3.8) is 0 Å². The fraction of sp³-hybridized carbons (Fsp3) is 0.222. The summed E-state index contributed by atoms with van der Waals surface area (Å²) in [4.78, 5) is 26.3. The van der Waals surface area contributed by atoms with Gasteiger partial charge < -0.3 is 19.4 Å². The minimum Gasteiger partial charge on any atom is -0.497 e. The number of nitrogens with one attached hydrogen (secondary N) is 1. The van der Waals surface area contributed by atoms with E-state index in [1.165, 1.54) is 11.2 Å². The van der Waals surface area contributed by atoms with Crippen LogP contribution < -0.4 is 10.1 Å². The topological polar surface area (TPSA) is 71.8 Å². The zero-order valence-corrected chi connectivity index (χ0v) is 13.3. The summed E-state index contributed by atoms with van der Waals surface area (Å²) in [6, 6.07) is 10.1. The summed E-state index contributed by atoms with van der Waals surface area (Å²) in [5, 5.41) is 2.85. The van der Waals surface area contributed by atoms with Gasteiger partial charge in [0.25, 0.3) is 5.91 Å². The number of furan rings is 1. The normalized spacial score (nSPS) is 16.2. The van der Waals surface area contributed by atoms with Crippen molar-refractivity contribution in [3.8, 4) is 5.75 Å². The summed E-state index contributed by atoms with van der Waals surface area (Å²) in [7, 11) is 1.60. The Balaban J connectivity index is 1.61. The number of hydrogen-bond acceptors (Lipinski definition) is 4. The van der Waals surface area contributed by atoms with Crippen LogP contribution in [0.15, 0.2) is 59.2 Å². The van der Waals surface area contributed by atoms with Crippen molar-refractivity contribution in [2.24, 2.45) is 0 Å². The molecule has 1 aromatic carbocycles. The zero-order chi connectivity index (χ0) is 16.9. The fourth-order valence-corrected chi connectivity index (χ4v) is 2.54. The lowest BCUT2D eigenvalue weighted by atomic mass is 10.2. The molecule has 0 fully saturated rings. The Kier molecular flexibility index (Phi) is 4.65. The van der Waals surface area contributed by atoms with E-state index in [-0.39, 0.29) is 17.6 Å². The highest BCUT2D eigenvalue weighted by molar-refractivity contribution is 5.97. The van der Waals surface area contributed by atoms with Crippen LogP contribution in [0, 0.1) is 0 Å². The van der Waals surface area contributed by atoms with Crippen LogP contribution in [0.4, 0.5) is 0 Å². The zero-order valence-electron chi connectivity index (χ0n) is 13.3. The molecule has 2 aromatic rings. The predicted octanol–water partition coefficient (Wildman–Crippen LogP) is 1.99. The van der Waals surface area contributed by atoms with Crippen molar-refractivity contribution in [2.45, 2.75) is 12.6 Å². The molecular weight excluding hydrogens is 308 g/mol.